The lowest BCUT2D eigenvalue weighted by Crippen LogP contribution is -2.24. The smallest absolute Gasteiger partial charge is 0.126 e. The van der Waals surface area contributed by atoms with Gasteiger partial charge in [-0.3, -0.25) is 0 Å². The zero-order valence-electron chi connectivity index (χ0n) is 13.0. The highest BCUT2D eigenvalue weighted by molar-refractivity contribution is 5.22. The van der Waals surface area contributed by atoms with Gasteiger partial charge in [0.15, 0.2) is 0 Å². The number of benzene rings is 1. The van der Waals surface area contributed by atoms with Crippen molar-refractivity contribution in [2.45, 2.75) is 64.2 Å². The Kier molecular flexibility index (Phi) is 4.61. The van der Waals surface area contributed by atoms with E-state index in [1.54, 1.807) is 0 Å². The molecule has 0 aliphatic heterocycles. The molecule has 0 amide bonds. The fourth-order valence-corrected chi connectivity index (χ4v) is 4.49. The average Bonchev–Trinajstić information content (AvgIpc) is 2.47. The molecular weight excluding hydrogens is 266 g/mol. The molecule has 0 saturated heterocycles. The monoisotopic (exact) mass is 292 g/mol. The van der Waals surface area contributed by atoms with E-state index in [9.17, 15) is 8.78 Å². The predicted molar refractivity (Wildman–Crippen MR) is 82.2 cm³/mol. The molecule has 2 aliphatic rings. The minimum absolute atomic E-state index is 0.356. The molecule has 2 saturated carbocycles. The van der Waals surface area contributed by atoms with Gasteiger partial charge in [0.25, 0.3) is 0 Å². The Morgan fingerprint density at radius 2 is 1.19 bits per heavy atom. The lowest BCUT2D eigenvalue weighted by Gasteiger charge is -2.37. The van der Waals surface area contributed by atoms with E-state index in [2.05, 4.69) is 6.92 Å². The summed E-state index contributed by atoms with van der Waals surface area (Å²) in [6, 6.07) is 4.02. The van der Waals surface area contributed by atoms with Crippen molar-refractivity contribution in [3.05, 3.63) is 35.4 Å². The Morgan fingerprint density at radius 1 is 0.714 bits per heavy atom. The third-order valence-corrected chi connectivity index (χ3v) is 5.86. The molecule has 1 aromatic rings. The summed E-state index contributed by atoms with van der Waals surface area (Å²) in [6.45, 7) is 2.37. The first-order valence-electron chi connectivity index (χ1n) is 8.58. The van der Waals surface area contributed by atoms with Gasteiger partial charge in [-0.05, 0) is 79.9 Å². The summed E-state index contributed by atoms with van der Waals surface area (Å²) >= 11 is 0. The molecule has 0 radical (unpaired) electrons. The fraction of sp³-hybridized carbons (Fsp3) is 0.684. The summed E-state index contributed by atoms with van der Waals surface area (Å²) in [5, 5.41) is 0. The molecule has 21 heavy (non-hydrogen) atoms. The Morgan fingerprint density at radius 3 is 1.71 bits per heavy atom. The SMILES string of the molecule is CC1CCC(C2CCC(c3cc(F)cc(F)c3)CC2)CC1. The van der Waals surface area contributed by atoms with Crippen molar-refractivity contribution in [1.29, 1.82) is 0 Å². The third kappa shape index (κ3) is 3.64. The molecule has 0 bridgehead atoms. The lowest BCUT2D eigenvalue weighted by molar-refractivity contribution is 0.165. The van der Waals surface area contributed by atoms with Crippen LogP contribution in [0, 0.1) is 29.4 Å². The number of hydrogen-bond acceptors (Lipinski definition) is 0. The van der Waals surface area contributed by atoms with E-state index < -0.39 is 11.6 Å². The molecule has 116 valence electrons. The molecule has 0 unspecified atom stereocenters. The molecule has 2 heteroatoms. The topological polar surface area (TPSA) is 0 Å². The first-order chi connectivity index (χ1) is 10.1. The Balaban J connectivity index is 1.57. The molecule has 2 fully saturated rings. The first-order valence-corrected chi connectivity index (χ1v) is 8.58. The van der Waals surface area contributed by atoms with E-state index >= 15 is 0 Å². The van der Waals surface area contributed by atoms with E-state index in [0.717, 1.165) is 42.2 Å². The molecule has 0 heterocycles. The van der Waals surface area contributed by atoms with Gasteiger partial charge in [0, 0.05) is 6.07 Å². The van der Waals surface area contributed by atoms with Crippen molar-refractivity contribution in [1.82, 2.24) is 0 Å². The Bertz CT molecular complexity index is 446. The predicted octanol–water partition coefficient (Wildman–Crippen LogP) is 6.06. The molecule has 0 atom stereocenters. The van der Waals surface area contributed by atoms with Crippen LogP contribution in [0.25, 0.3) is 0 Å². The summed E-state index contributed by atoms with van der Waals surface area (Å²) in [5.41, 5.74) is 0.864. The maximum atomic E-state index is 13.3. The largest absolute Gasteiger partial charge is 0.207 e. The van der Waals surface area contributed by atoms with Crippen LogP contribution in [0.3, 0.4) is 0 Å². The van der Waals surface area contributed by atoms with Gasteiger partial charge in [-0.25, -0.2) is 8.78 Å². The van der Waals surface area contributed by atoms with Crippen molar-refractivity contribution in [2.75, 3.05) is 0 Å². The Hall–Kier alpha value is -0.920. The standard InChI is InChI=1S/C19H26F2/c1-13-2-4-14(5-3-13)15-6-8-16(9-7-15)17-10-18(20)12-19(21)11-17/h10-16H,2-9H2,1H3. The van der Waals surface area contributed by atoms with Gasteiger partial charge in [-0.15, -0.1) is 0 Å². The minimum atomic E-state index is -0.437. The van der Waals surface area contributed by atoms with Crippen molar-refractivity contribution >= 4 is 0 Å². The van der Waals surface area contributed by atoms with Gasteiger partial charge in [0.05, 0.1) is 0 Å². The van der Waals surface area contributed by atoms with E-state index in [1.165, 1.54) is 50.7 Å². The highest BCUT2D eigenvalue weighted by atomic mass is 19.1. The second kappa shape index (κ2) is 6.46. The molecule has 0 N–H and O–H groups in total. The normalized spacial score (nSPS) is 33.9. The molecule has 3 rings (SSSR count). The van der Waals surface area contributed by atoms with Crippen molar-refractivity contribution in [3.8, 4) is 0 Å². The highest BCUT2D eigenvalue weighted by Crippen LogP contribution is 2.43. The van der Waals surface area contributed by atoms with Crippen LogP contribution in [-0.2, 0) is 0 Å². The van der Waals surface area contributed by atoms with Gasteiger partial charge < -0.3 is 0 Å². The summed E-state index contributed by atoms with van der Waals surface area (Å²) in [4.78, 5) is 0. The summed E-state index contributed by atoms with van der Waals surface area (Å²) in [6.07, 6.45) is 10.2. The third-order valence-electron chi connectivity index (χ3n) is 5.86. The van der Waals surface area contributed by atoms with Crippen molar-refractivity contribution in [3.63, 3.8) is 0 Å². The van der Waals surface area contributed by atoms with Crippen LogP contribution in [0.15, 0.2) is 18.2 Å². The Labute approximate surface area is 126 Å². The highest BCUT2D eigenvalue weighted by Gasteiger charge is 2.30. The summed E-state index contributed by atoms with van der Waals surface area (Å²) in [7, 11) is 0. The van der Waals surface area contributed by atoms with Crippen LogP contribution in [0.5, 0.6) is 0 Å². The van der Waals surface area contributed by atoms with Crippen LogP contribution in [0.1, 0.15) is 69.8 Å². The molecule has 0 spiro atoms. The molecule has 2 aliphatic carbocycles. The zero-order valence-corrected chi connectivity index (χ0v) is 13.0. The van der Waals surface area contributed by atoms with E-state index in [0.29, 0.717) is 5.92 Å². The molecule has 1 aromatic carbocycles. The average molecular weight is 292 g/mol. The van der Waals surface area contributed by atoms with Crippen LogP contribution < -0.4 is 0 Å². The lowest BCUT2D eigenvalue weighted by atomic mass is 9.68. The van der Waals surface area contributed by atoms with Crippen molar-refractivity contribution < 1.29 is 8.78 Å². The van der Waals surface area contributed by atoms with Gasteiger partial charge in [-0.1, -0.05) is 19.8 Å². The van der Waals surface area contributed by atoms with Crippen LogP contribution >= 0.6 is 0 Å². The van der Waals surface area contributed by atoms with Gasteiger partial charge >= 0.3 is 0 Å². The maximum Gasteiger partial charge on any atom is 0.126 e. The number of hydrogen-bond donors (Lipinski definition) is 0. The quantitative estimate of drug-likeness (QED) is 0.621. The van der Waals surface area contributed by atoms with Gasteiger partial charge in [-0.2, -0.15) is 0 Å². The summed E-state index contributed by atoms with van der Waals surface area (Å²) < 4.78 is 26.7. The van der Waals surface area contributed by atoms with Crippen LogP contribution in [0.4, 0.5) is 8.78 Å². The maximum absolute atomic E-state index is 13.3. The summed E-state index contributed by atoms with van der Waals surface area (Å²) in [5.74, 6) is 2.15. The fourth-order valence-electron chi connectivity index (χ4n) is 4.49. The van der Waals surface area contributed by atoms with Gasteiger partial charge in [0.1, 0.15) is 11.6 Å². The zero-order chi connectivity index (χ0) is 14.8. The van der Waals surface area contributed by atoms with E-state index in [1.807, 2.05) is 0 Å². The van der Waals surface area contributed by atoms with E-state index in [4.69, 9.17) is 0 Å². The second-order valence-corrected chi connectivity index (χ2v) is 7.33. The van der Waals surface area contributed by atoms with Crippen LogP contribution in [0.2, 0.25) is 0 Å². The molecule has 0 aromatic heterocycles. The van der Waals surface area contributed by atoms with Crippen molar-refractivity contribution in [2.24, 2.45) is 17.8 Å². The second-order valence-electron chi connectivity index (χ2n) is 7.33. The first kappa shape index (κ1) is 15.0. The minimum Gasteiger partial charge on any atom is -0.207 e. The van der Waals surface area contributed by atoms with Crippen LogP contribution in [-0.4, -0.2) is 0 Å². The van der Waals surface area contributed by atoms with E-state index in [-0.39, 0.29) is 0 Å². The molecular formula is C19H26F2. The number of rotatable bonds is 2. The molecule has 0 nitrogen and oxygen atoms in total. The van der Waals surface area contributed by atoms with Gasteiger partial charge in [0.2, 0.25) is 0 Å². The number of halogens is 2.